The van der Waals surface area contributed by atoms with Gasteiger partial charge in [0.1, 0.15) is 11.6 Å². The number of fused-ring (bicyclic) bond motifs is 1. The van der Waals surface area contributed by atoms with Crippen LogP contribution in [0.15, 0.2) is 42.7 Å². The molecule has 0 radical (unpaired) electrons. The smallest absolute Gasteiger partial charge is 0.341 e. The van der Waals surface area contributed by atoms with E-state index in [1.807, 2.05) is 24.4 Å². The number of carbonyl (C=O) groups is 1. The number of rotatable bonds is 11. The molecule has 9 nitrogen and oxygen atoms in total. The number of nitrogens with zero attached hydrogens (tertiary/aromatic N) is 4. The number of hydrogen-bond acceptors (Lipinski definition) is 7. The molecule has 2 heterocycles. The van der Waals surface area contributed by atoms with E-state index in [1.54, 1.807) is 22.8 Å². The van der Waals surface area contributed by atoms with Gasteiger partial charge in [0.15, 0.2) is 12.3 Å². The highest BCUT2D eigenvalue weighted by molar-refractivity contribution is 5.78. The highest BCUT2D eigenvalue weighted by Crippen LogP contribution is 2.27. The van der Waals surface area contributed by atoms with E-state index in [0.717, 1.165) is 43.1 Å². The molecule has 9 heteroatoms. The second kappa shape index (κ2) is 9.85. The highest BCUT2D eigenvalue weighted by atomic mass is 16.5. The standard InChI is InChI=1S/C20H26N6O3/c1-25(2)11-9-21-7-8-22-18-6-10-26-20(24-18)17(13-23-26)15-4-3-5-16(12-15)29-14-19(27)28/h3-6,10,12-13,21H,7-9,11,14H2,1-2H3,(H,22,24)(H,27,28). The summed E-state index contributed by atoms with van der Waals surface area (Å²) in [7, 11) is 4.10. The van der Waals surface area contributed by atoms with Gasteiger partial charge in [0, 0.05) is 37.9 Å². The Bertz CT molecular complexity index is 956. The van der Waals surface area contributed by atoms with Crippen molar-refractivity contribution in [2.75, 3.05) is 52.2 Å². The fourth-order valence-electron chi connectivity index (χ4n) is 2.78. The monoisotopic (exact) mass is 398 g/mol. The molecule has 0 bridgehead atoms. The van der Waals surface area contributed by atoms with Crippen LogP contribution < -0.4 is 15.4 Å². The van der Waals surface area contributed by atoms with Crippen molar-refractivity contribution in [1.82, 2.24) is 24.8 Å². The summed E-state index contributed by atoms with van der Waals surface area (Å²) < 4.78 is 6.98. The average Bonchev–Trinajstić information content (AvgIpc) is 3.12. The van der Waals surface area contributed by atoms with Crippen molar-refractivity contribution in [3.63, 3.8) is 0 Å². The number of aromatic nitrogens is 3. The third kappa shape index (κ3) is 5.90. The van der Waals surface area contributed by atoms with E-state index in [-0.39, 0.29) is 6.61 Å². The summed E-state index contributed by atoms with van der Waals surface area (Å²) in [6.45, 7) is 3.16. The van der Waals surface area contributed by atoms with Gasteiger partial charge in [-0.1, -0.05) is 12.1 Å². The normalized spacial score (nSPS) is 11.1. The number of carboxylic acid groups (broad SMARTS) is 1. The van der Waals surface area contributed by atoms with Crippen molar-refractivity contribution in [3.05, 3.63) is 42.7 Å². The predicted octanol–water partition coefficient (Wildman–Crippen LogP) is 1.42. The third-order valence-corrected chi connectivity index (χ3v) is 4.22. The summed E-state index contributed by atoms with van der Waals surface area (Å²) >= 11 is 0. The molecule has 0 amide bonds. The van der Waals surface area contributed by atoms with Gasteiger partial charge in [-0.15, -0.1) is 0 Å². The Hall–Kier alpha value is -3.17. The van der Waals surface area contributed by atoms with E-state index in [4.69, 9.17) is 9.84 Å². The summed E-state index contributed by atoms with van der Waals surface area (Å²) in [4.78, 5) is 17.5. The summed E-state index contributed by atoms with van der Waals surface area (Å²) in [5, 5.41) is 19.8. The Kier molecular flexibility index (Phi) is 6.99. The van der Waals surface area contributed by atoms with Crippen LogP contribution in [0.4, 0.5) is 5.82 Å². The predicted molar refractivity (Wildman–Crippen MR) is 111 cm³/mol. The lowest BCUT2D eigenvalue weighted by Crippen LogP contribution is -2.30. The van der Waals surface area contributed by atoms with Gasteiger partial charge < -0.3 is 25.4 Å². The highest BCUT2D eigenvalue weighted by Gasteiger charge is 2.10. The lowest BCUT2D eigenvalue weighted by molar-refractivity contribution is -0.139. The minimum atomic E-state index is -1.01. The summed E-state index contributed by atoms with van der Waals surface area (Å²) in [6, 6.07) is 9.13. The SMILES string of the molecule is CN(C)CCNCCNc1ccn2ncc(-c3cccc(OCC(=O)O)c3)c2n1. The first-order valence-corrected chi connectivity index (χ1v) is 9.41. The zero-order valence-electron chi connectivity index (χ0n) is 16.6. The number of aliphatic carboxylic acids is 1. The number of benzene rings is 1. The first kappa shape index (κ1) is 20.6. The van der Waals surface area contributed by atoms with E-state index in [9.17, 15) is 4.79 Å². The molecule has 0 spiro atoms. The number of likely N-dealkylation sites (N-methyl/N-ethyl adjacent to an activating group) is 1. The molecule has 0 atom stereocenters. The van der Waals surface area contributed by atoms with Gasteiger partial charge in [-0.2, -0.15) is 5.10 Å². The van der Waals surface area contributed by atoms with Crippen molar-refractivity contribution in [1.29, 1.82) is 0 Å². The number of hydrogen-bond donors (Lipinski definition) is 3. The fourth-order valence-corrected chi connectivity index (χ4v) is 2.78. The molecule has 3 rings (SSSR count). The second-order valence-corrected chi connectivity index (χ2v) is 6.83. The van der Waals surface area contributed by atoms with Crippen LogP contribution in [0, 0.1) is 0 Å². The van der Waals surface area contributed by atoms with Gasteiger partial charge in [-0.25, -0.2) is 14.3 Å². The molecule has 29 heavy (non-hydrogen) atoms. The molecule has 3 N–H and O–H groups in total. The number of ether oxygens (including phenoxy) is 1. The minimum Gasteiger partial charge on any atom is -0.482 e. The molecule has 0 aliphatic rings. The van der Waals surface area contributed by atoms with Gasteiger partial charge in [-0.05, 0) is 37.9 Å². The first-order valence-electron chi connectivity index (χ1n) is 9.41. The average molecular weight is 398 g/mol. The lowest BCUT2D eigenvalue weighted by Gasteiger charge is -2.11. The van der Waals surface area contributed by atoms with Crippen LogP contribution in [0.5, 0.6) is 5.75 Å². The molecule has 0 unspecified atom stereocenters. The quantitative estimate of drug-likeness (QED) is 0.417. The first-order chi connectivity index (χ1) is 14.0. The van der Waals surface area contributed by atoms with Crippen LogP contribution in [-0.2, 0) is 4.79 Å². The number of carboxylic acids is 1. The van der Waals surface area contributed by atoms with E-state index in [2.05, 4.69) is 39.7 Å². The number of nitrogens with one attached hydrogen (secondary N) is 2. The molecule has 3 aromatic rings. The molecule has 2 aromatic heterocycles. The fraction of sp³-hybridized carbons (Fsp3) is 0.350. The van der Waals surface area contributed by atoms with E-state index >= 15 is 0 Å². The zero-order valence-corrected chi connectivity index (χ0v) is 16.6. The molecule has 154 valence electrons. The molecule has 1 aromatic carbocycles. The lowest BCUT2D eigenvalue weighted by atomic mass is 10.1. The maximum atomic E-state index is 10.7. The molecular weight excluding hydrogens is 372 g/mol. The summed E-state index contributed by atoms with van der Waals surface area (Å²) in [5.74, 6) is 0.245. The maximum absolute atomic E-state index is 10.7. The molecule has 0 aliphatic carbocycles. The molecule has 0 saturated heterocycles. The van der Waals surface area contributed by atoms with Gasteiger partial charge in [0.25, 0.3) is 0 Å². The van der Waals surface area contributed by atoms with Gasteiger partial charge in [0.2, 0.25) is 0 Å². The van der Waals surface area contributed by atoms with Gasteiger partial charge in [0.05, 0.1) is 6.20 Å². The van der Waals surface area contributed by atoms with Crippen molar-refractivity contribution in [3.8, 4) is 16.9 Å². The largest absolute Gasteiger partial charge is 0.482 e. The Morgan fingerprint density at radius 2 is 2.10 bits per heavy atom. The summed E-state index contributed by atoms with van der Waals surface area (Å²) in [5.41, 5.74) is 2.42. The van der Waals surface area contributed by atoms with Crippen molar-refractivity contribution >= 4 is 17.4 Å². The molecule has 0 fully saturated rings. The van der Waals surface area contributed by atoms with Crippen LogP contribution in [0.2, 0.25) is 0 Å². The van der Waals surface area contributed by atoms with Crippen molar-refractivity contribution in [2.24, 2.45) is 0 Å². The van der Waals surface area contributed by atoms with Gasteiger partial charge in [-0.3, -0.25) is 0 Å². The molecule has 0 aliphatic heterocycles. The maximum Gasteiger partial charge on any atom is 0.341 e. The minimum absolute atomic E-state index is 0.382. The van der Waals surface area contributed by atoms with Gasteiger partial charge >= 0.3 is 5.97 Å². The van der Waals surface area contributed by atoms with Crippen LogP contribution in [0.1, 0.15) is 0 Å². The second-order valence-electron chi connectivity index (χ2n) is 6.83. The van der Waals surface area contributed by atoms with Crippen LogP contribution >= 0.6 is 0 Å². The van der Waals surface area contributed by atoms with Crippen LogP contribution in [0.3, 0.4) is 0 Å². The van der Waals surface area contributed by atoms with Crippen molar-refractivity contribution in [2.45, 2.75) is 0 Å². The molecule has 0 saturated carbocycles. The zero-order chi connectivity index (χ0) is 20.6. The van der Waals surface area contributed by atoms with Crippen LogP contribution in [-0.4, -0.2) is 77.5 Å². The Morgan fingerprint density at radius 3 is 2.90 bits per heavy atom. The Balaban J connectivity index is 1.68. The van der Waals surface area contributed by atoms with Crippen molar-refractivity contribution < 1.29 is 14.6 Å². The van der Waals surface area contributed by atoms with E-state index in [0.29, 0.717) is 11.4 Å². The third-order valence-electron chi connectivity index (χ3n) is 4.22. The Labute approximate surface area is 169 Å². The Morgan fingerprint density at radius 1 is 1.24 bits per heavy atom. The number of anilines is 1. The summed E-state index contributed by atoms with van der Waals surface area (Å²) in [6.07, 6.45) is 3.60. The molecular formula is C20H26N6O3. The van der Waals surface area contributed by atoms with Crippen LogP contribution in [0.25, 0.3) is 16.8 Å². The van der Waals surface area contributed by atoms with E-state index in [1.165, 1.54) is 0 Å². The topological polar surface area (TPSA) is 104 Å². The van der Waals surface area contributed by atoms with E-state index < -0.39 is 5.97 Å².